The lowest BCUT2D eigenvalue weighted by Gasteiger charge is -2.02. The van der Waals surface area contributed by atoms with Crippen molar-refractivity contribution in [1.82, 2.24) is 15.0 Å². The lowest BCUT2D eigenvalue weighted by atomic mass is 10.1. The van der Waals surface area contributed by atoms with Gasteiger partial charge in [-0.1, -0.05) is 24.4 Å². The van der Waals surface area contributed by atoms with E-state index in [0.29, 0.717) is 10.9 Å². The van der Waals surface area contributed by atoms with Gasteiger partial charge in [-0.2, -0.15) is 0 Å². The maximum atomic E-state index is 5.88. The van der Waals surface area contributed by atoms with Gasteiger partial charge in [0, 0.05) is 12.1 Å². The smallest absolute Gasteiger partial charge is 0.177 e. The number of nitrogens with zero attached hydrogens (tertiary/aromatic N) is 2. The van der Waals surface area contributed by atoms with E-state index in [2.05, 4.69) is 15.0 Å². The zero-order valence-electron chi connectivity index (χ0n) is 8.33. The number of nitrogens with one attached hydrogen (secondary N) is 1. The quantitative estimate of drug-likeness (QED) is 0.803. The number of halogens is 1. The van der Waals surface area contributed by atoms with Crippen LogP contribution in [0, 0.1) is 0 Å². The van der Waals surface area contributed by atoms with Crippen LogP contribution in [-0.4, -0.2) is 15.0 Å². The van der Waals surface area contributed by atoms with Crippen molar-refractivity contribution >= 4 is 22.8 Å². The highest BCUT2D eigenvalue weighted by molar-refractivity contribution is 6.30. The fraction of sp³-hybridized carbons (Fsp3) is 0.455. The number of hydrogen-bond donors (Lipinski definition) is 1. The van der Waals surface area contributed by atoms with Crippen molar-refractivity contribution in [1.29, 1.82) is 0 Å². The first kappa shape index (κ1) is 9.16. The molecule has 4 heteroatoms. The fourth-order valence-electron chi connectivity index (χ4n) is 2.29. The Bertz CT molecular complexity index is 486. The first-order valence-corrected chi connectivity index (χ1v) is 5.72. The Kier molecular flexibility index (Phi) is 2.13. The average Bonchev–Trinajstić information content (AvgIpc) is 2.84. The van der Waals surface area contributed by atoms with Crippen LogP contribution in [0.4, 0.5) is 0 Å². The van der Waals surface area contributed by atoms with E-state index < -0.39 is 0 Å². The number of hydrogen-bond acceptors (Lipinski definition) is 2. The van der Waals surface area contributed by atoms with Crippen LogP contribution in [0.15, 0.2) is 12.3 Å². The van der Waals surface area contributed by atoms with E-state index in [1.807, 2.05) is 6.07 Å². The number of imidazole rings is 1. The van der Waals surface area contributed by atoms with Crippen molar-refractivity contribution in [3.63, 3.8) is 0 Å². The fourth-order valence-corrected chi connectivity index (χ4v) is 2.44. The van der Waals surface area contributed by atoms with E-state index in [4.69, 9.17) is 11.6 Å². The van der Waals surface area contributed by atoms with Crippen LogP contribution in [0.3, 0.4) is 0 Å². The van der Waals surface area contributed by atoms with Crippen LogP contribution < -0.4 is 0 Å². The van der Waals surface area contributed by atoms with Crippen LogP contribution in [0.2, 0.25) is 5.02 Å². The summed E-state index contributed by atoms with van der Waals surface area (Å²) < 4.78 is 0. The molecule has 2 aromatic rings. The molecule has 0 aliphatic heterocycles. The van der Waals surface area contributed by atoms with Gasteiger partial charge in [0.05, 0.1) is 10.5 Å². The number of aromatic amines is 1. The molecule has 0 spiro atoms. The van der Waals surface area contributed by atoms with E-state index in [1.165, 1.54) is 25.7 Å². The Morgan fingerprint density at radius 3 is 2.93 bits per heavy atom. The summed E-state index contributed by atoms with van der Waals surface area (Å²) in [5.41, 5.74) is 1.73. The summed E-state index contributed by atoms with van der Waals surface area (Å²) in [5.74, 6) is 1.68. The minimum absolute atomic E-state index is 0.595. The first-order valence-electron chi connectivity index (χ1n) is 5.34. The van der Waals surface area contributed by atoms with Gasteiger partial charge < -0.3 is 4.98 Å². The highest BCUT2D eigenvalue weighted by Crippen LogP contribution is 2.33. The van der Waals surface area contributed by atoms with Gasteiger partial charge in [-0.15, -0.1) is 0 Å². The molecule has 2 heterocycles. The van der Waals surface area contributed by atoms with Crippen LogP contribution in [0.5, 0.6) is 0 Å². The zero-order valence-corrected chi connectivity index (χ0v) is 9.09. The normalized spacial score (nSPS) is 17.7. The minimum Gasteiger partial charge on any atom is -0.340 e. The summed E-state index contributed by atoms with van der Waals surface area (Å²) in [5, 5.41) is 0.657. The number of fused-ring (bicyclic) bond motifs is 1. The zero-order chi connectivity index (χ0) is 10.3. The minimum atomic E-state index is 0.595. The van der Waals surface area contributed by atoms with Crippen molar-refractivity contribution in [2.75, 3.05) is 0 Å². The molecule has 0 radical (unpaired) electrons. The Balaban J connectivity index is 2.05. The molecule has 78 valence electrons. The highest BCUT2D eigenvalue weighted by atomic mass is 35.5. The second-order valence-electron chi connectivity index (χ2n) is 4.13. The molecule has 2 aromatic heterocycles. The third-order valence-electron chi connectivity index (χ3n) is 3.06. The van der Waals surface area contributed by atoms with Crippen LogP contribution in [0.1, 0.15) is 37.4 Å². The molecule has 0 saturated heterocycles. The Morgan fingerprint density at radius 2 is 2.13 bits per heavy atom. The van der Waals surface area contributed by atoms with Crippen molar-refractivity contribution in [2.24, 2.45) is 0 Å². The van der Waals surface area contributed by atoms with Gasteiger partial charge in [0.2, 0.25) is 0 Å². The predicted molar refractivity (Wildman–Crippen MR) is 60.1 cm³/mol. The summed E-state index contributed by atoms with van der Waals surface area (Å²) in [4.78, 5) is 12.0. The van der Waals surface area contributed by atoms with E-state index in [1.54, 1.807) is 6.20 Å². The molecule has 1 aliphatic carbocycles. The van der Waals surface area contributed by atoms with E-state index in [9.17, 15) is 0 Å². The van der Waals surface area contributed by atoms with E-state index in [0.717, 1.165) is 17.0 Å². The number of aromatic nitrogens is 3. The summed E-state index contributed by atoms with van der Waals surface area (Å²) in [6, 6.07) is 1.88. The lowest BCUT2D eigenvalue weighted by molar-refractivity contribution is 0.681. The summed E-state index contributed by atoms with van der Waals surface area (Å²) >= 11 is 5.88. The van der Waals surface area contributed by atoms with Gasteiger partial charge >= 0.3 is 0 Å². The third-order valence-corrected chi connectivity index (χ3v) is 3.27. The molecule has 3 rings (SSSR count). The SMILES string of the molecule is Clc1cnc2nc(C3CCCC3)[nH]c2c1. The molecular weight excluding hydrogens is 210 g/mol. The highest BCUT2D eigenvalue weighted by Gasteiger charge is 2.20. The topological polar surface area (TPSA) is 41.6 Å². The first-order chi connectivity index (χ1) is 7.33. The number of rotatable bonds is 1. The molecule has 0 unspecified atom stereocenters. The number of pyridine rings is 1. The molecule has 0 aromatic carbocycles. The van der Waals surface area contributed by atoms with Crippen LogP contribution in [0.25, 0.3) is 11.2 Å². The third kappa shape index (κ3) is 1.61. The van der Waals surface area contributed by atoms with Crippen LogP contribution >= 0.6 is 11.6 Å². The molecule has 1 fully saturated rings. The Hall–Kier alpha value is -1.09. The van der Waals surface area contributed by atoms with Crippen LogP contribution in [-0.2, 0) is 0 Å². The Morgan fingerprint density at radius 1 is 1.33 bits per heavy atom. The summed E-state index contributed by atoms with van der Waals surface area (Å²) in [6.07, 6.45) is 6.76. The molecule has 1 N–H and O–H groups in total. The van der Waals surface area contributed by atoms with Crippen molar-refractivity contribution in [2.45, 2.75) is 31.6 Å². The molecule has 3 nitrogen and oxygen atoms in total. The molecule has 0 atom stereocenters. The molecule has 15 heavy (non-hydrogen) atoms. The molecule has 0 amide bonds. The maximum Gasteiger partial charge on any atom is 0.177 e. The lowest BCUT2D eigenvalue weighted by Crippen LogP contribution is -1.94. The maximum absolute atomic E-state index is 5.88. The number of H-pyrrole nitrogens is 1. The largest absolute Gasteiger partial charge is 0.340 e. The second kappa shape index (κ2) is 3.49. The van der Waals surface area contributed by atoms with Gasteiger partial charge in [0.1, 0.15) is 5.82 Å². The molecule has 1 saturated carbocycles. The second-order valence-corrected chi connectivity index (χ2v) is 4.56. The molecular formula is C11H12ClN3. The summed E-state index contributed by atoms with van der Waals surface area (Å²) in [6.45, 7) is 0. The molecule has 0 bridgehead atoms. The van der Waals surface area contributed by atoms with Gasteiger partial charge in [0.15, 0.2) is 5.65 Å². The van der Waals surface area contributed by atoms with E-state index >= 15 is 0 Å². The molecule has 1 aliphatic rings. The van der Waals surface area contributed by atoms with Gasteiger partial charge in [-0.25, -0.2) is 9.97 Å². The summed E-state index contributed by atoms with van der Waals surface area (Å²) in [7, 11) is 0. The van der Waals surface area contributed by atoms with Crippen molar-refractivity contribution < 1.29 is 0 Å². The van der Waals surface area contributed by atoms with Gasteiger partial charge in [0.25, 0.3) is 0 Å². The van der Waals surface area contributed by atoms with Crippen molar-refractivity contribution in [3.05, 3.63) is 23.1 Å². The standard InChI is InChI=1S/C11H12ClN3/c12-8-5-9-11(13-6-8)15-10(14-9)7-3-1-2-4-7/h5-7H,1-4H2,(H,13,14,15). The van der Waals surface area contributed by atoms with Gasteiger partial charge in [-0.3, -0.25) is 0 Å². The Labute approximate surface area is 92.9 Å². The predicted octanol–water partition coefficient (Wildman–Crippen LogP) is 3.27. The van der Waals surface area contributed by atoms with Crippen molar-refractivity contribution in [3.8, 4) is 0 Å². The van der Waals surface area contributed by atoms with E-state index in [-0.39, 0.29) is 0 Å². The van der Waals surface area contributed by atoms with Gasteiger partial charge in [-0.05, 0) is 18.9 Å². The average molecular weight is 222 g/mol. The monoisotopic (exact) mass is 221 g/mol.